The average molecular weight is 648 g/mol. The van der Waals surface area contributed by atoms with Gasteiger partial charge < -0.3 is 34.0 Å². The number of allylic oxidation sites excluding steroid dienone is 4. The molecular formula is C30H36Br2Zr-2. The van der Waals surface area contributed by atoms with Gasteiger partial charge in [0.05, 0.1) is 0 Å². The first-order valence-electron chi connectivity index (χ1n) is 11.5. The Balaban J connectivity index is 0.000000375. The summed E-state index contributed by atoms with van der Waals surface area (Å²) >= 11 is 1.67. The summed E-state index contributed by atoms with van der Waals surface area (Å²) in [5.74, 6) is 0. The van der Waals surface area contributed by atoms with E-state index in [1.165, 1.54) is 51.9 Å². The summed E-state index contributed by atoms with van der Waals surface area (Å²) in [6.45, 7) is 13.7. The fourth-order valence-electron chi connectivity index (χ4n) is 3.63. The van der Waals surface area contributed by atoms with E-state index in [4.69, 9.17) is 0 Å². The molecule has 0 aromatic heterocycles. The molecule has 0 spiro atoms. The summed E-state index contributed by atoms with van der Waals surface area (Å²) < 4.78 is 1.78. The predicted octanol–water partition coefficient (Wildman–Crippen LogP) is 2.51. The number of halogens is 2. The predicted molar refractivity (Wildman–Crippen MR) is 135 cm³/mol. The van der Waals surface area contributed by atoms with Crippen LogP contribution in [0.4, 0.5) is 0 Å². The molecule has 0 saturated heterocycles. The molecule has 3 aromatic rings. The standard InChI is InChI=1S/C21H25.C5H5.C4H6.2BrH.Zr/c1-20(2,3)16-9-7-14-11-15-8-10-17(21(4,5)6)13-19(15)18(14)12-16;1-2-4-5-3-1;1-2-4-3-1;;;/h7-13H,1-6H3;1-3H,4H2;1-3H2;2*1H;/q2*-1;;;;+2/p-2. The fourth-order valence-corrected chi connectivity index (χ4v) is 4.49. The second-order valence-corrected chi connectivity index (χ2v) is 12.4. The van der Waals surface area contributed by atoms with Crippen molar-refractivity contribution in [3.63, 3.8) is 0 Å². The Morgan fingerprint density at radius 1 is 0.788 bits per heavy atom. The van der Waals surface area contributed by atoms with Crippen molar-refractivity contribution in [1.29, 1.82) is 0 Å². The van der Waals surface area contributed by atoms with E-state index in [1.807, 2.05) is 12.2 Å². The van der Waals surface area contributed by atoms with Crippen LogP contribution < -0.4 is 34.0 Å². The fraction of sp³-hybridized carbons (Fsp3) is 0.400. The molecule has 1 fully saturated rings. The van der Waals surface area contributed by atoms with Crippen LogP contribution in [0, 0.1) is 6.08 Å². The Morgan fingerprint density at radius 2 is 1.24 bits per heavy atom. The van der Waals surface area contributed by atoms with Crippen molar-refractivity contribution in [2.75, 3.05) is 0 Å². The van der Waals surface area contributed by atoms with Crippen molar-refractivity contribution in [3.05, 3.63) is 77.9 Å². The summed E-state index contributed by atoms with van der Waals surface area (Å²) in [4.78, 5) is 0. The van der Waals surface area contributed by atoms with Crippen LogP contribution in [-0.4, -0.2) is 3.21 Å². The summed E-state index contributed by atoms with van der Waals surface area (Å²) in [6, 6.07) is 16.1. The van der Waals surface area contributed by atoms with Gasteiger partial charge in [0.25, 0.3) is 0 Å². The van der Waals surface area contributed by atoms with Crippen LogP contribution >= 0.6 is 0 Å². The van der Waals surface area contributed by atoms with Crippen LogP contribution in [0.1, 0.15) is 78.4 Å². The molecule has 0 amide bonds. The minimum absolute atomic E-state index is 0. The van der Waals surface area contributed by atoms with Crippen LogP contribution in [0.25, 0.3) is 21.5 Å². The molecule has 3 aromatic carbocycles. The Labute approximate surface area is 237 Å². The number of rotatable bonds is 0. The van der Waals surface area contributed by atoms with Crippen molar-refractivity contribution < 1.29 is 58.2 Å². The quantitative estimate of drug-likeness (QED) is 0.330. The Bertz CT molecular complexity index is 1030. The summed E-state index contributed by atoms with van der Waals surface area (Å²) in [6.07, 6.45) is 14.4. The molecule has 176 valence electrons. The zero-order valence-corrected chi connectivity index (χ0v) is 26.5. The third-order valence-electron chi connectivity index (χ3n) is 5.98. The van der Waals surface area contributed by atoms with Crippen LogP contribution in [0.5, 0.6) is 0 Å². The van der Waals surface area contributed by atoms with Gasteiger partial charge in [0.1, 0.15) is 0 Å². The number of fused-ring (bicyclic) bond motifs is 3. The molecule has 0 heterocycles. The number of hydrogen-bond donors (Lipinski definition) is 0. The van der Waals surface area contributed by atoms with E-state index in [1.54, 1.807) is 27.4 Å². The second kappa shape index (κ2) is 13.0. The molecule has 2 aliphatic carbocycles. The van der Waals surface area contributed by atoms with Gasteiger partial charge in [0, 0.05) is 0 Å². The van der Waals surface area contributed by atoms with E-state index in [9.17, 15) is 0 Å². The maximum atomic E-state index is 2.99. The van der Waals surface area contributed by atoms with Gasteiger partial charge in [-0.3, -0.25) is 6.08 Å². The molecule has 2 aliphatic rings. The molecule has 3 heteroatoms. The Morgan fingerprint density at radius 3 is 1.48 bits per heavy atom. The van der Waals surface area contributed by atoms with Crippen molar-refractivity contribution in [2.24, 2.45) is 0 Å². The molecule has 0 bridgehead atoms. The van der Waals surface area contributed by atoms with E-state index < -0.39 is 0 Å². The second-order valence-electron chi connectivity index (χ2n) is 10.7. The van der Waals surface area contributed by atoms with Gasteiger partial charge in [-0.25, -0.2) is 12.2 Å². The molecule has 0 unspecified atom stereocenters. The summed E-state index contributed by atoms with van der Waals surface area (Å²) in [7, 11) is 0. The SMILES string of the molecule is CC(C)(C)c1ccc2[cH-]c3ccc(C(C)(C)C)cc3c2c1.[Br-].[Br-].[C-]1=CC=CC1.[Zr+2]=[C]1CCC1. The topological polar surface area (TPSA) is 0 Å². The first-order valence-corrected chi connectivity index (χ1v) is 12.7. The van der Waals surface area contributed by atoms with E-state index in [0.717, 1.165) is 6.42 Å². The minimum atomic E-state index is 0. The van der Waals surface area contributed by atoms with Crippen LogP contribution in [0.3, 0.4) is 0 Å². The van der Waals surface area contributed by atoms with Gasteiger partial charge in [-0.2, -0.15) is 6.08 Å². The maximum absolute atomic E-state index is 2.99. The molecule has 33 heavy (non-hydrogen) atoms. The molecule has 0 atom stereocenters. The first kappa shape index (κ1) is 30.5. The van der Waals surface area contributed by atoms with Crippen molar-refractivity contribution in [2.45, 2.75) is 78.1 Å². The molecule has 5 rings (SSSR count). The molecule has 0 nitrogen and oxygen atoms in total. The van der Waals surface area contributed by atoms with Gasteiger partial charge in [-0.1, -0.05) is 76.9 Å². The molecule has 0 aliphatic heterocycles. The first-order chi connectivity index (χ1) is 14.6. The third kappa shape index (κ3) is 8.59. The molecular weight excluding hydrogens is 611 g/mol. The normalized spacial score (nSPS) is 14.5. The molecule has 0 radical (unpaired) electrons. The average Bonchev–Trinajstić information content (AvgIpc) is 3.36. The van der Waals surface area contributed by atoms with Crippen LogP contribution in [0.2, 0.25) is 0 Å². The van der Waals surface area contributed by atoms with Gasteiger partial charge in [-0.15, -0.1) is 46.2 Å². The number of benzene rings is 2. The van der Waals surface area contributed by atoms with Gasteiger partial charge in [0.2, 0.25) is 0 Å². The summed E-state index contributed by atoms with van der Waals surface area (Å²) in [5, 5.41) is 5.49. The van der Waals surface area contributed by atoms with Crippen molar-refractivity contribution >= 4 is 24.8 Å². The third-order valence-corrected chi connectivity index (χ3v) is 7.21. The van der Waals surface area contributed by atoms with Crippen molar-refractivity contribution in [1.82, 2.24) is 0 Å². The molecule has 1 saturated carbocycles. The van der Waals surface area contributed by atoms with E-state index in [-0.39, 0.29) is 44.8 Å². The number of hydrogen-bond acceptors (Lipinski definition) is 0. The molecule has 0 N–H and O–H groups in total. The van der Waals surface area contributed by atoms with E-state index in [0.29, 0.717) is 0 Å². The van der Waals surface area contributed by atoms with Crippen molar-refractivity contribution in [3.8, 4) is 0 Å². The van der Waals surface area contributed by atoms with Gasteiger partial charge in [0.15, 0.2) is 0 Å². The Hall–Kier alpha value is -0.497. The van der Waals surface area contributed by atoms with E-state index in [2.05, 4.69) is 96.2 Å². The monoisotopic (exact) mass is 644 g/mol. The summed E-state index contributed by atoms with van der Waals surface area (Å²) in [5.41, 5.74) is 3.20. The van der Waals surface area contributed by atoms with Gasteiger partial charge >= 0.3 is 46.7 Å². The van der Waals surface area contributed by atoms with Crippen LogP contribution in [0.15, 0.2) is 60.7 Å². The zero-order valence-electron chi connectivity index (χ0n) is 20.9. The van der Waals surface area contributed by atoms with Crippen LogP contribution in [-0.2, 0) is 35.1 Å². The van der Waals surface area contributed by atoms with Gasteiger partial charge in [-0.05, 0) is 10.8 Å². The zero-order chi connectivity index (χ0) is 22.6. The van der Waals surface area contributed by atoms with E-state index >= 15 is 0 Å². The Kier molecular flexibility index (Phi) is 12.0.